The maximum Gasteiger partial charge on any atom is 0.244 e. The molecule has 0 bridgehead atoms. The van der Waals surface area contributed by atoms with Crippen molar-refractivity contribution in [2.75, 3.05) is 0 Å². The number of hydrogen-bond donors (Lipinski definition) is 1. The van der Waals surface area contributed by atoms with E-state index in [4.69, 9.17) is 0 Å². The van der Waals surface area contributed by atoms with Gasteiger partial charge in [-0.2, -0.15) is 0 Å². The van der Waals surface area contributed by atoms with E-state index in [0.717, 1.165) is 5.56 Å². The van der Waals surface area contributed by atoms with Crippen LogP contribution in [0.4, 0.5) is 4.39 Å². The van der Waals surface area contributed by atoms with Crippen molar-refractivity contribution in [1.82, 2.24) is 5.32 Å². The van der Waals surface area contributed by atoms with Gasteiger partial charge in [0.2, 0.25) is 5.91 Å². The van der Waals surface area contributed by atoms with Crippen LogP contribution in [0, 0.1) is 5.82 Å². The summed E-state index contributed by atoms with van der Waals surface area (Å²) in [6.45, 7) is 1.87. The Balaban J connectivity index is 2.35. The van der Waals surface area contributed by atoms with Crippen LogP contribution in [0.15, 0.2) is 77.3 Å². The van der Waals surface area contributed by atoms with Gasteiger partial charge in [-0.15, -0.1) is 0 Å². The number of rotatable bonds is 5. The van der Waals surface area contributed by atoms with E-state index in [0.29, 0.717) is 10.0 Å². The van der Waals surface area contributed by atoms with Crippen molar-refractivity contribution >= 4 is 21.8 Å². The van der Waals surface area contributed by atoms with E-state index in [1.54, 1.807) is 24.3 Å². The van der Waals surface area contributed by atoms with Crippen molar-refractivity contribution in [3.63, 3.8) is 0 Å². The van der Waals surface area contributed by atoms with Gasteiger partial charge in [-0.25, -0.2) is 4.39 Å². The Bertz CT molecular complexity index is 725. The molecule has 0 fully saturated rings. The summed E-state index contributed by atoms with van der Waals surface area (Å²) in [7, 11) is 0. The molecule has 1 amide bonds. The van der Waals surface area contributed by atoms with Crippen LogP contribution in [0.2, 0.25) is 0 Å². The van der Waals surface area contributed by atoms with Crippen LogP contribution in [0.5, 0.6) is 0 Å². The molecule has 23 heavy (non-hydrogen) atoms. The van der Waals surface area contributed by atoms with Gasteiger partial charge in [-0.1, -0.05) is 70.6 Å². The number of carbonyl (C=O) groups excluding carboxylic acids is 1. The van der Waals surface area contributed by atoms with Gasteiger partial charge >= 0.3 is 0 Å². The third-order valence-corrected chi connectivity index (χ3v) is 3.74. The van der Waals surface area contributed by atoms with Crippen LogP contribution in [0.3, 0.4) is 0 Å². The Morgan fingerprint density at radius 3 is 2.57 bits per heavy atom. The lowest BCUT2D eigenvalue weighted by Gasteiger charge is -2.19. The van der Waals surface area contributed by atoms with Crippen molar-refractivity contribution in [3.8, 4) is 0 Å². The quantitative estimate of drug-likeness (QED) is 0.584. The second-order valence-corrected chi connectivity index (χ2v) is 5.82. The van der Waals surface area contributed by atoms with Gasteiger partial charge in [-0.05, 0) is 24.6 Å². The zero-order valence-electron chi connectivity index (χ0n) is 12.7. The Kier molecular flexibility index (Phi) is 6.29. The molecular formula is C19H17BrFNO. The molecule has 1 atom stereocenters. The lowest BCUT2D eigenvalue weighted by atomic mass is 9.98. The maximum absolute atomic E-state index is 14.3. The third-order valence-electron chi connectivity index (χ3n) is 3.24. The van der Waals surface area contributed by atoms with E-state index in [1.807, 2.05) is 43.3 Å². The molecule has 0 radical (unpaired) electrons. The van der Waals surface area contributed by atoms with Crippen LogP contribution in [0.1, 0.15) is 24.1 Å². The predicted molar refractivity (Wildman–Crippen MR) is 94.5 cm³/mol. The van der Waals surface area contributed by atoms with Crippen molar-refractivity contribution in [3.05, 3.63) is 94.3 Å². The molecule has 0 unspecified atom stereocenters. The predicted octanol–water partition coefficient (Wildman–Crippen LogP) is 4.93. The molecular weight excluding hydrogens is 357 g/mol. The minimum Gasteiger partial charge on any atom is -0.342 e. The van der Waals surface area contributed by atoms with Crippen molar-refractivity contribution in [1.29, 1.82) is 0 Å². The zero-order valence-corrected chi connectivity index (χ0v) is 14.3. The Labute approximate surface area is 143 Å². The standard InChI is InChI=1S/C19H17BrFNO/c1-2-3-5-10-18(23)22-19(14-8-6-4-7-9-14)16-12-11-15(20)13-17(16)21/h2-13,19H,1H3,(H,22,23)/b3-2+,10-5+/t19-/m0/s1. The number of carbonyl (C=O) groups is 1. The fourth-order valence-electron chi connectivity index (χ4n) is 2.17. The third kappa shape index (κ3) is 4.89. The van der Waals surface area contributed by atoms with Gasteiger partial charge in [-0.3, -0.25) is 4.79 Å². The van der Waals surface area contributed by atoms with E-state index < -0.39 is 6.04 Å². The normalized spacial score (nSPS) is 12.7. The Hall–Kier alpha value is -2.20. The molecule has 2 nitrogen and oxygen atoms in total. The Morgan fingerprint density at radius 2 is 1.91 bits per heavy atom. The maximum atomic E-state index is 14.3. The van der Waals surface area contributed by atoms with Gasteiger partial charge in [0.05, 0.1) is 6.04 Å². The monoisotopic (exact) mass is 373 g/mol. The van der Waals surface area contributed by atoms with Crippen molar-refractivity contribution < 1.29 is 9.18 Å². The minimum atomic E-state index is -0.549. The Morgan fingerprint density at radius 1 is 1.17 bits per heavy atom. The van der Waals surface area contributed by atoms with E-state index >= 15 is 0 Å². The average Bonchev–Trinajstić information content (AvgIpc) is 2.54. The van der Waals surface area contributed by atoms with Gasteiger partial charge in [0.15, 0.2) is 0 Å². The number of amides is 1. The molecule has 2 aromatic carbocycles. The van der Waals surface area contributed by atoms with E-state index in [1.165, 1.54) is 12.1 Å². The highest BCUT2D eigenvalue weighted by atomic mass is 79.9. The topological polar surface area (TPSA) is 29.1 Å². The highest BCUT2D eigenvalue weighted by molar-refractivity contribution is 9.10. The summed E-state index contributed by atoms with van der Waals surface area (Å²) in [5.41, 5.74) is 1.24. The highest BCUT2D eigenvalue weighted by Crippen LogP contribution is 2.26. The molecule has 1 N–H and O–H groups in total. The first kappa shape index (κ1) is 17.2. The van der Waals surface area contributed by atoms with Crippen LogP contribution in [-0.2, 0) is 4.79 Å². The van der Waals surface area contributed by atoms with Crippen LogP contribution in [-0.4, -0.2) is 5.91 Å². The molecule has 0 aliphatic rings. The number of nitrogens with one attached hydrogen (secondary N) is 1. The molecule has 2 aromatic rings. The summed E-state index contributed by atoms with van der Waals surface area (Å²) >= 11 is 3.25. The average molecular weight is 374 g/mol. The second kappa shape index (κ2) is 8.44. The largest absolute Gasteiger partial charge is 0.342 e. The molecule has 0 aliphatic heterocycles. The fraction of sp³-hybridized carbons (Fsp3) is 0.105. The highest BCUT2D eigenvalue weighted by Gasteiger charge is 2.19. The summed E-state index contributed by atoms with van der Waals surface area (Å²) < 4.78 is 15.0. The van der Waals surface area contributed by atoms with Gasteiger partial charge < -0.3 is 5.32 Å². The van der Waals surface area contributed by atoms with Crippen LogP contribution < -0.4 is 5.32 Å². The van der Waals surface area contributed by atoms with E-state index in [2.05, 4.69) is 21.2 Å². The molecule has 4 heteroatoms. The fourth-order valence-corrected chi connectivity index (χ4v) is 2.50. The molecule has 0 heterocycles. The summed E-state index contributed by atoms with van der Waals surface area (Å²) in [4.78, 5) is 12.1. The van der Waals surface area contributed by atoms with Crippen LogP contribution >= 0.6 is 15.9 Å². The van der Waals surface area contributed by atoms with Gasteiger partial charge in [0, 0.05) is 16.1 Å². The summed E-state index contributed by atoms with van der Waals surface area (Å²) in [5.74, 6) is -0.648. The summed E-state index contributed by atoms with van der Waals surface area (Å²) in [5, 5.41) is 2.85. The van der Waals surface area contributed by atoms with E-state index in [-0.39, 0.29) is 11.7 Å². The molecule has 0 spiro atoms. The number of hydrogen-bond acceptors (Lipinski definition) is 1. The molecule has 0 aromatic heterocycles. The smallest absolute Gasteiger partial charge is 0.244 e. The van der Waals surface area contributed by atoms with Crippen molar-refractivity contribution in [2.24, 2.45) is 0 Å². The molecule has 0 saturated heterocycles. The summed E-state index contributed by atoms with van der Waals surface area (Å²) in [6, 6.07) is 13.6. The first-order valence-electron chi connectivity index (χ1n) is 7.21. The molecule has 2 rings (SSSR count). The lowest BCUT2D eigenvalue weighted by molar-refractivity contribution is -0.117. The number of halogens is 2. The number of allylic oxidation sites excluding steroid dienone is 3. The summed E-state index contributed by atoms with van der Waals surface area (Å²) in [6.07, 6.45) is 6.66. The minimum absolute atomic E-state index is 0.278. The number of benzene rings is 2. The van der Waals surface area contributed by atoms with Gasteiger partial charge in [0.1, 0.15) is 5.82 Å². The first-order chi connectivity index (χ1) is 11.1. The molecule has 0 saturated carbocycles. The van der Waals surface area contributed by atoms with Crippen molar-refractivity contribution in [2.45, 2.75) is 13.0 Å². The first-order valence-corrected chi connectivity index (χ1v) is 8.01. The second-order valence-electron chi connectivity index (χ2n) is 4.90. The molecule has 0 aliphatic carbocycles. The van der Waals surface area contributed by atoms with E-state index in [9.17, 15) is 9.18 Å². The van der Waals surface area contributed by atoms with Gasteiger partial charge in [0.25, 0.3) is 0 Å². The SMILES string of the molecule is C/C=C/C=C/C(=O)N[C@@H](c1ccccc1)c1ccc(Br)cc1F. The van der Waals surface area contributed by atoms with Crippen LogP contribution in [0.25, 0.3) is 0 Å². The zero-order chi connectivity index (χ0) is 16.7. The molecule has 118 valence electrons. The lowest BCUT2D eigenvalue weighted by Crippen LogP contribution is -2.28.